The van der Waals surface area contributed by atoms with Gasteiger partial charge in [-0.1, -0.05) is 12.1 Å². The molecule has 1 fully saturated rings. The minimum atomic E-state index is -0.315. The highest BCUT2D eigenvalue weighted by Crippen LogP contribution is 2.38. The molecular weight excluding hydrogens is 389 g/mol. The number of carbonyl (C=O) groups excluding carboxylic acids is 1. The van der Waals surface area contributed by atoms with Crippen molar-refractivity contribution in [3.63, 3.8) is 0 Å². The van der Waals surface area contributed by atoms with Crippen LogP contribution in [0.2, 0.25) is 0 Å². The molecule has 0 radical (unpaired) electrons. The monoisotopic (exact) mass is 411 g/mol. The minimum Gasteiger partial charge on any atom is -0.347 e. The van der Waals surface area contributed by atoms with E-state index in [1.54, 1.807) is 17.8 Å². The van der Waals surface area contributed by atoms with Crippen LogP contribution in [-0.4, -0.2) is 46.4 Å². The molecule has 0 aliphatic carbocycles. The summed E-state index contributed by atoms with van der Waals surface area (Å²) in [6.45, 7) is 2.51. The summed E-state index contributed by atoms with van der Waals surface area (Å²) in [6.07, 6.45) is 3.42. The fourth-order valence-electron chi connectivity index (χ4n) is 3.66. The van der Waals surface area contributed by atoms with Gasteiger partial charge >= 0.3 is 0 Å². The van der Waals surface area contributed by atoms with Crippen LogP contribution in [0.25, 0.3) is 11.1 Å². The zero-order valence-electron chi connectivity index (χ0n) is 16.6. The molecule has 8 heteroatoms. The van der Waals surface area contributed by atoms with Gasteiger partial charge in [-0.15, -0.1) is 11.3 Å². The molecule has 1 aromatic carbocycles. The molecule has 3 heterocycles. The standard InChI is InChI=1S/C21H22FN5OS/c1-13-19(29-12-24-13)20(28)27-9-5-8-17(27)18-16(11-23-21(25-18)26(2)3)14-6-4-7-15(22)10-14/h4,6-7,10-12,17H,5,8-9H2,1-3H3/t17-/m1/s1. The smallest absolute Gasteiger partial charge is 0.266 e. The topological polar surface area (TPSA) is 62.2 Å². The number of hydrogen-bond donors (Lipinski definition) is 0. The molecule has 0 unspecified atom stereocenters. The predicted octanol–water partition coefficient (Wildman–Crippen LogP) is 4.09. The van der Waals surface area contributed by atoms with Gasteiger partial charge in [-0.25, -0.2) is 19.3 Å². The highest BCUT2D eigenvalue weighted by Gasteiger charge is 2.35. The molecule has 0 bridgehead atoms. The van der Waals surface area contributed by atoms with Gasteiger partial charge in [-0.2, -0.15) is 0 Å². The lowest BCUT2D eigenvalue weighted by Gasteiger charge is -2.26. The summed E-state index contributed by atoms with van der Waals surface area (Å²) in [5.41, 5.74) is 4.65. The molecule has 1 aliphatic rings. The Kier molecular flexibility index (Phi) is 5.27. The largest absolute Gasteiger partial charge is 0.347 e. The summed E-state index contributed by atoms with van der Waals surface area (Å²) in [5.74, 6) is 0.223. The molecule has 0 saturated carbocycles. The Morgan fingerprint density at radius 1 is 1.31 bits per heavy atom. The van der Waals surface area contributed by atoms with Gasteiger partial charge in [0.1, 0.15) is 10.7 Å². The maximum atomic E-state index is 13.9. The number of aryl methyl sites for hydroxylation is 1. The summed E-state index contributed by atoms with van der Waals surface area (Å²) < 4.78 is 13.9. The van der Waals surface area contributed by atoms with Gasteiger partial charge in [-0.05, 0) is 37.5 Å². The number of anilines is 1. The van der Waals surface area contributed by atoms with Gasteiger partial charge in [0.2, 0.25) is 5.95 Å². The second kappa shape index (κ2) is 7.87. The molecule has 2 aromatic heterocycles. The highest BCUT2D eigenvalue weighted by molar-refractivity contribution is 7.11. The van der Waals surface area contributed by atoms with Crippen LogP contribution in [-0.2, 0) is 0 Å². The number of amides is 1. The van der Waals surface area contributed by atoms with Gasteiger partial charge in [-0.3, -0.25) is 4.79 Å². The van der Waals surface area contributed by atoms with Gasteiger partial charge in [0.05, 0.1) is 22.9 Å². The van der Waals surface area contributed by atoms with Crippen LogP contribution >= 0.6 is 11.3 Å². The SMILES string of the molecule is Cc1ncsc1C(=O)N1CCC[C@@H]1c1nc(N(C)C)ncc1-c1cccc(F)c1. The van der Waals surface area contributed by atoms with Crippen molar-refractivity contribution in [1.82, 2.24) is 19.9 Å². The number of nitrogens with zero attached hydrogens (tertiary/aromatic N) is 5. The minimum absolute atomic E-state index is 0.0253. The maximum Gasteiger partial charge on any atom is 0.266 e. The highest BCUT2D eigenvalue weighted by atomic mass is 32.1. The normalized spacial score (nSPS) is 16.3. The molecule has 29 heavy (non-hydrogen) atoms. The molecule has 150 valence electrons. The Morgan fingerprint density at radius 2 is 2.14 bits per heavy atom. The summed E-state index contributed by atoms with van der Waals surface area (Å²) in [6, 6.07) is 6.22. The van der Waals surface area contributed by atoms with Crippen LogP contribution in [0.1, 0.15) is 39.9 Å². The predicted molar refractivity (Wildman–Crippen MR) is 112 cm³/mol. The number of carbonyl (C=O) groups is 1. The molecular formula is C21H22FN5OS. The van der Waals surface area contributed by atoms with Crippen LogP contribution in [0, 0.1) is 12.7 Å². The Morgan fingerprint density at radius 3 is 2.83 bits per heavy atom. The molecule has 0 N–H and O–H groups in total. The number of benzene rings is 1. The third-order valence-corrected chi connectivity index (χ3v) is 6.03. The van der Waals surface area contributed by atoms with E-state index in [0.29, 0.717) is 22.9 Å². The summed E-state index contributed by atoms with van der Waals surface area (Å²) in [5, 5.41) is 0. The first kappa shape index (κ1) is 19.4. The molecule has 1 amide bonds. The number of aromatic nitrogens is 3. The van der Waals surface area contributed by atoms with E-state index >= 15 is 0 Å². The molecule has 6 nitrogen and oxygen atoms in total. The number of halogens is 1. The molecule has 0 spiro atoms. The van der Waals surface area contributed by atoms with Crippen molar-refractivity contribution in [2.45, 2.75) is 25.8 Å². The lowest BCUT2D eigenvalue weighted by atomic mass is 9.99. The summed E-state index contributed by atoms with van der Waals surface area (Å²) in [7, 11) is 3.75. The van der Waals surface area contributed by atoms with Crippen LogP contribution in [0.3, 0.4) is 0 Å². The quantitative estimate of drug-likeness (QED) is 0.647. The molecule has 1 saturated heterocycles. The maximum absolute atomic E-state index is 13.9. The van der Waals surface area contributed by atoms with Crippen molar-refractivity contribution in [2.75, 3.05) is 25.5 Å². The van der Waals surface area contributed by atoms with Crippen molar-refractivity contribution in [3.8, 4) is 11.1 Å². The van der Waals surface area contributed by atoms with Crippen molar-refractivity contribution in [3.05, 3.63) is 58.1 Å². The number of hydrogen-bond acceptors (Lipinski definition) is 6. The van der Waals surface area contributed by atoms with E-state index in [9.17, 15) is 9.18 Å². The van der Waals surface area contributed by atoms with Crippen molar-refractivity contribution in [1.29, 1.82) is 0 Å². The Bertz CT molecular complexity index is 1050. The fraction of sp³-hybridized carbons (Fsp3) is 0.333. The first-order valence-electron chi connectivity index (χ1n) is 9.47. The molecule has 1 aliphatic heterocycles. The average molecular weight is 412 g/mol. The number of thiazole rings is 1. The van der Waals surface area contributed by atoms with E-state index < -0.39 is 0 Å². The van der Waals surface area contributed by atoms with E-state index in [1.807, 2.05) is 36.9 Å². The lowest BCUT2D eigenvalue weighted by molar-refractivity contribution is 0.0737. The first-order chi connectivity index (χ1) is 14.0. The zero-order valence-corrected chi connectivity index (χ0v) is 17.4. The van der Waals surface area contributed by atoms with E-state index in [1.165, 1.54) is 23.5 Å². The third kappa shape index (κ3) is 3.72. The van der Waals surface area contributed by atoms with Crippen LogP contribution in [0.4, 0.5) is 10.3 Å². The van der Waals surface area contributed by atoms with E-state index in [0.717, 1.165) is 29.8 Å². The van der Waals surface area contributed by atoms with Crippen LogP contribution < -0.4 is 4.90 Å². The summed E-state index contributed by atoms with van der Waals surface area (Å²) in [4.78, 5) is 31.0. The van der Waals surface area contributed by atoms with Gasteiger partial charge in [0.25, 0.3) is 5.91 Å². The van der Waals surface area contributed by atoms with E-state index in [-0.39, 0.29) is 17.8 Å². The second-order valence-electron chi connectivity index (χ2n) is 7.30. The van der Waals surface area contributed by atoms with Crippen molar-refractivity contribution < 1.29 is 9.18 Å². The fourth-order valence-corrected chi connectivity index (χ4v) is 4.42. The van der Waals surface area contributed by atoms with Gasteiger partial charge in [0, 0.05) is 32.4 Å². The summed E-state index contributed by atoms with van der Waals surface area (Å²) >= 11 is 1.36. The number of rotatable bonds is 4. The van der Waals surface area contributed by atoms with Crippen LogP contribution in [0.5, 0.6) is 0 Å². The van der Waals surface area contributed by atoms with E-state index in [2.05, 4.69) is 9.97 Å². The van der Waals surface area contributed by atoms with Gasteiger partial charge in [0.15, 0.2) is 0 Å². The van der Waals surface area contributed by atoms with Crippen LogP contribution in [0.15, 0.2) is 36.0 Å². The second-order valence-corrected chi connectivity index (χ2v) is 8.15. The third-order valence-electron chi connectivity index (χ3n) is 5.11. The van der Waals surface area contributed by atoms with Crippen molar-refractivity contribution in [2.24, 2.45) is 0 Å². The zero-order chi connectivity index (χ0) is 20.5. The molecule has 4 rings (SSSR count). The lowest BCUT2D eigenvalue weighted by Crippen LogP contribution is -2.31. The Balaban J connectivity index is 1.80. The number of likely N-dealkylation sites (tertiary alicyclic amines) is 1. The first-order valence-corrected chi connectivity index (χ1v) is 10.3. The molecule has 3 aromatic rings. The van der Waals surface area contributed by atoms with Gasteiger partial charge < -0.3 is 9.80 Å². The molecule has 1 atom stereocenters. The van der Waals surface area contributed by atoms with E-state index in [4.69, 9.17) is 4.98 Å². The Labute approximate surface area is 173 Å². The average Bonchev–Trinajstić information content (AvgIpc) is 3.36. The van der Waals surface area contributed by atoms with Crippen molar-refractivity contribution >= 4 is 23.2 Å². The Hall–Kier alpha value is -2.87.